The van der Waals surface area contributed by atoms with Crippen LogP contribution in [0.2, 0.25) is 0 Å². The van der Waals surface area contributed by atoms with Gasteiger partial charge in [-0.05, 0) is 107 Å². The maximum absolute atomic E-state index is 9.68. The van der Waals surface area contributed by atoms with E-state index in [1.54, 1.807) is 78.9 Å². The minimum atomic E-state index is -0.722. The number of furan rings is 1. The molecule has 9 aromatic carbocycles. The highest BCUT2D eigenvalue weighted by molar-refractivity contribution is 6.26. The number of rotatable bonds is 4. The molecule has 0 radical (unpaired) electrons. The molecule has 10 rings (SSSR count). The molecule has 0 aliphatic rings. The molecule has 0 N–H and O–H groups in total. The first kappa shape index (κ1) is 15.6. The van der Waals surface area contributed by atoms with E-state index in [1.807, 2.05) is 0 Å². The first-order valence-corrected chi connectivity index (χ1v) is 15.5. The average molecular weight is 640 g/mol. The fourth-order valence-corrected chi connectivity index (χ4v) is 6.56. The third-order valence-electron chi connectivity index (χ3n) is 8.69. The Kier molecular flexibility index (Phi) is 3.54. The van der Waals surface area contributed by atoms with Gasteiger partial charge in [0.15, 0.2) is 0 Å². The fourth-order valence-electron chi connectivity index (χ4n) is 6.56. The van der Waals surface area contributed by atoms with Crippen molar-refractivity contribution in [2.45, 2.75) is 0 Å². The van der Waals surface area contributed by atoms with Gasteiger partial charge < -0.3 is 4.42 Å². The smallest absolute Gasteiger partial charge is 0.136 e. The zero-order chi connectivity index (χ0) is 47.1. The van der Waals surface area contributed by atoms with Crippen molar-refractivity contribution in [3.63, 3.8) is 0 Å². The van der Waals surface area contributed by atoms with Gasteiger partial charge in [-0.2, -0.15) is 0 Å². The van der Waals surface area contributed by atoms with Gasteiger partial charge in [-0.25, -0.2) is 0 Å². The summed E-state index contributed by atoms with van der Waals surface area (Å²) in [7, 11) is 0. The molecule has 49 heavy (non-hydrogen) atoms. The molecule has 0 amide bonds. The highest BCUT2D eigenvalue weighted by Gasteiger charge is 2.20. The number of hydrogen-bond donors (Lipinski definition) is 0. The molecule has 10 aromatic rings. The lowest BCUT2D eigenvalue weighted by atomic mass is 9.84. The Morgan fingerprint density at radius 2 is 0.959 bits per heavy atom. The van der Waals surface area contributed by atoms with E-state index in [0.717, 1.165) is 0 Å². The van der Waals surface area contributed by atoms with Crippen molar-refractivity contribution < 1.29 is 27.7 Å². The van der Waals surface area contributed by atoms with Crippen LogP contribution in [0.5, 0.6) is 0 Å². The Hall–Kier alpha value is -6.44. The molecule has 1 heterocycles. The van der Waals surface area contributed by atoms with Gasteiger partial charge in [0, 0.05) is 10.8 Å². The lowest BCUT2D eigenvalue weighted by Gasteiger charge is -2.18. The van der Waals surface area contributed by atoms with E-state index in [0.29, 0.717) is 32.7 Å². The van der Waals surface area contributed by atoms with E-state index in [2.05, 4.69) is 0 Å². The maximum atomic E-state index is 9.68. The molecule has 0 saturated carbocycles. The van der Waals surface area contributed by atoms with Gasteiger partial charge >= 0.3 is 0 Å². The molecule has 228 valence electrons. The van der Waals surface area contributed by atoms with Gasteiger partial charge in [-0.15, -0.1) is 0 Å². The summed E-state index contributed by atoms with van der Waals surface area (Å²) in [6.07, 6.45) is 0. The van der Waals surface area contributed by atoms with Crippen LogP contribution in [0, 0.1) is 0 Å². The lowest BCUT2D eigenvalue weighted by molar-refractivity contribution is 0.669. The average Bonchev–Trinajstić information content (AvgIpc) is 3.72. The standard InChI is InChI=1S/C48H30O/c1-3-12-31(13-4-1)33-22-23-35-29-37(25-24-34(35)28-33)46-38-16-7-9-18-40(38)47(41-19-10-8-17-39(41)46)42-20-11-21-45-48(42)43-30-36(26-27-44(43)49-45)32-14-5-2-6-15-32/h1-30H/i2D,5D,6D,11D,14D,15D,20D,21D,22D,23D,24D,25D,26D,27D,28D,29D,30D. The summed E-state index contributed by atoms with van der Waals surface area (Å²) in [6.45, 7) is 0. The number of benzene rings is 9. The number of hydrogen-bond acceptors (Lipinski definition) is 1. The molecule has 0 fully saturated rings. The van der Waals surface area contributed by atoms with E-state index in [-0.39, 0.29) is 73.1 Å². The molecule has 0 saturated heterocycles. The molecule has 0 aliphatic heterocycles. The van der Waals surface area contributed by atoms with E-state index < -0.39 is 95.7 Å². The minimum Gasteiger partial charge on any atom is -0.456 e. The minimum absolute atomic E-state index is 0.0298. The van der Waals surface area contributed by atoms with Crippen molar-refractivity contribution in [3.8, 4) is 44.5 Å². The van der Waals surface area contributed by atoms with Crippen molar-refractivity contribution in [3.05, 3.63) is 182 Å². The Bertz CT molecular complexity index is 3760. The van der Waals surface area contributed by atoms with Gasteiger partial charge in [0.2, 0.25) is 0 Å². The molecule has 0 bridgehead atoms. The van der Waals surface area contributed by atoms with Gasteiger partial charge in [-0.3, -0.25) is 0 Å². The first-order valence-electron chi connectivity index (χ1n) is 24.0. The van der Waals surface area contributed by atoms with Gasteiger partial charge in [-0.1, -0.05) is 151 Å². The van der Waals surface area contributed by atoms with Crippen LogP contribution in [-0.2, 0) is 0 Å². The zero-order valence-electron chi connectivity index (χ0n) is 42.4. The summed E-state index contributed by atoms with van der Waals surface area (Å²) < 4.78 is 159. The van der Waals surface area contributed by atoms with Gasteiger partial charge in [0.05, 0.1) is 23.3 Å². The first-order chi connectivity index (χ1) is 31.4. The van der Waals surface area contributed by atoms with Crippen LogP contribution in [0.4, 0.5) is 0 Å². The SMILES string of the molecule is [2H]c1c([2H])c([2H])c(-c2c([2H])c([2H])c3oc4c([2H])c([2H])c([2H])c(-c5c6ccccc6c(-c6c([2H])c([2H])c7c([2H])c(-c8ccccc8)c([2H])c([2H])c7c6[2H])c6ccccc56)c4c3c2[2H])c([2H])c1[2H]. The third-order valence-corrected chi connectivity index (χ3v) is 8.69. The Balaban J connectivity index is 1.37. The van der Waals surface area contributed by atoms with E-state index in [4.69, 9.17) is 18.1 Å². The predicted octanol–water partition coefficient (Wildman–Crippen LogP) is 13.7. The maximum Gasteiger partial charge on any atom is 0.136 e. The van der Waals surface area contributed by atoms with Crippen molar-refractivity contribution in [2.75, 3.05) is 0 Å². The molecule has 1 nitrogen and oxygen atoms in total. The summed E-state index contributed by atoms with van der Waals surface area (Å²) in [5.74, 6) is 0. The Morgan fingerprint density at radius 3 is 1.67 bits per heavy atom. The van der Waals surface area contributed by atoms with Crippen LogP contribution < -0.4 is 0 Å². The molecule has 0 unspecified atom stereocenters. The summed E-state index contributed by atoms with van der Waals surface area (Å²) in [5.41, 5.74) is -0.580. The summed E-state index contributed by atoms with van der Waals surface area (Å²) in [6, 6.07) is 13.0. The predicted molar refractivity (Wildman–Crippen MR) is 208 cm³/mol. The molecule has 1 heteroatoms. The van der Waals surface area contributed by atoms with Crippen molar-refractivity contribution in [1.29, 1.82) is 0 Å². The second kappa shape index (κ2) is 11.1. The van der Waals surface area contributed by atoms with Crippen LogP contribution >= 0.6 is 0 Å². The highest BCUT2D eigenvalue weighted by Crippen LogP contribution is 2.47. The molecule has 0 atom stereocenters. The van der Waals surface area contributed by atoms with Crippen LogP contribution in [0.1, 0.15) is 23.3 Å². The van der Waals surface area contributed by atoms with E-state index >= 15 is 0 Å². The molecule has 0 spiro atoms. The second-order valence-corrected chi connectivity index (χ2v) is 11.5. The Morgan fingerprint density at radius 1 is 0.367 bits per heavy atom. The summed E-state index contributed by atoms with van der Waals surface area (Å²) in [4.78, 5) is 0. The van der Waals surface area contributed by atoms with E-state index in [1.165, 1.54) is 0 Å². The van der Waals surface area contributed by atoms with Crippen LogP contribution in [-0.4, -0.2) is 0 Å². The topological polar surface area (TPSA) is 13.1 Å². The second-order valence-electron chi connectivity index (χ2n) is 11.5. The van der Waals surface area contributed by atoms with E-state index in [9.17, 15) is 9.60 Å². The monoisotopic (exact) mass is 639 g/mol. The van der Waals surface area contributed by atoms with Gasteiger partial charge in [0.1, 0.15) is 11.2 Å². The van der Waals surface area contributed by atoms with Gasteiger partial charge in [0.25, 0.3) is 0 Å². The Labute approximate surface area is 308 Å². The molecular formula is C48H30O. The molecule has 0 aliphatic carbocycles. The summed E-state index contributed by atoms with van der Waals surface area (Å²) >= 11 is 0. The number of fused-ring (bicyclic) bond motifs is 6. The lowest BCUT2D eigenvalue weighted by Crippen LogP contribution is -1.91. The van der Waals surface area contributed by atoms with Crippen molar-refractivity contribution >= 4 is 54.3 Å². The van der Waals surface area contributed by atoms with Crippen molar-refractivity contribution in [1.82, 2.24) is 0 Å². The van der Waals surface area contributed by atoms with Crippen LogP contribution in [0.3, 0.4) is 0 Å². The highest BCUT2D eigenvalue weighted by atomic mass is 16.3. The zero-order valence-corrected chi connectivity index (χ0v) is 25.4. The van der Waals surface area contributed by atoms with Crippen molar-refractivity contribution in [2.24, 2.45) is 0 Å². The molecular weight excluding hydrogens is 593 g/mol. The molecule has 1 aromatic heterocycles. The van der Waals surface area contributed by atoms with Crippen LogP contribution in [0.15, 0.2) is 186 Å². The largest absolute Gasteiger partial charge is 0.456 e. The quantitative estimate of drug-likeness (QED) is 0.175. The third kappa shape index (κ3) is 4.47. The fraction of sp³-hybridized carbons (Fsp3) is 0. The normalized spacial score (nSPS) is 16.5. The summed E-state index contributed by atoms with van der Waals surface area (Å²) in [5, 5.41) is 0.986. The van der Waals surface area contributed by atoms with Crippen LogP contribution in [0.25, 0.3) is 98.8 Å².